The van der Waals surface area contributed by atoms with Crippen LogP contribution in [-0.2, 0) is 0 Å². The molecule has 2 heteroatoms. The Morgan fingerprint density at radius 1 is 1.24 bits per heavy atom. The molecule has 0 atom stereocenters. The quantitative estimate of drug-likeness (QED) is 0.784. The summed E-state index contributed by atoms with van der Waals surface area (Å²) in [5, 5.41) is 0. The SMILES string of the molecule is CCC1(CC)CN(c2ccc(C(C)C)cn2)C1. The highest BCUT2D eigenvalue weighted by Crippen LogP contribution is 2.39. The van der Waals surface area contributed by atoms with E-state index in [1.54, 1.807) is 0 Å². The van der Waals surface area contributed by atoms with Crippen molar-refractivity contribution in [3.63, 3.8) is 0 Å². The third-order valence-corrected chi connectivity index (χ3v) is 4.31. The molecule has 0 aliphatic carbocycles. The highest BCUT2D eigenvalue weighted by molar-refractivity contribution is 5.44. The number of hydrogen-bond donors (Lipinski definition) is 0. The Morgan fingerprint density at radius 3 is 2.29 bits per heavy atom. The zero-order chi connectivity index (χ0) is 12.5. The minimum Gasteiger partial charge on any atom is -0.355 e. The Kier molecular flexibility index (Phi) is 3.41. The molecule has 0 aromatic carbocycles. The molecule has 1 fully saturated rings. The van der Waals surface area contributed by atoms with Gasteiger partial charge in [-0.15, -0.1) is 0 Å². The van der Waals surface area contributed by atoms with E-state index in [9.17, 15) is 0 Å². The van der Waals surface area contributed by atoms with Gasteiger partial charge in [-0.1, -0.05) is 33.8 Å². The largest absolute Gasteiger partial charge is 0.355 e. The van der Waals surface area contributed by atoms with Crippen molar-refractivity contribution in [3.8, 4) is 0 Å². The van der Waals surface area contributed by atoms with E-state index in [1.807, 2.05) is 6.20 Å². The van der Waals surface area contributed by atoms with Crippen LogP contribution in [0.5, 0.6) is 0 Å². The average Bonchev–Trinajstić information content (AvgIpc) is 2.29. The first-order valence-electron chi connectivity index (χ1n) is 6.81. The third kappa shape index (κ3) is 2.31. The molecular formula is C15H24N2. The summed E-state index contributed by atoms with van der Waals surface area (Å²) in [6.07, 6.45) is 4.59. The summed E-state index contributed by atoms with van der Waals surface area (Å²) < 4.78 is 0. The van der Waals surface area contributed by atoms with Gasteiger partial charge in [0.05, 0.1) is 0 Å². The molecule has 1 aromatic rings. The van der Waals surface area contributed by atoms with Gasteiger partial charge in [-0.3, -0.25) is 0 Å². The van der Waals surface area contributed by atoms with Crippen molar-refractivity contribution in [2.75, 3.05) is 18.0 Å². The molecule has 1 aromatic heterocycles. The molecule has 94 valence electrons. The highest BCUT2D eigenvalue weighted by Gasteiger charge is 2.40. The molecule has 0 spiro atoms. The predicted octanol–water partition coefficient (Wildman–Crippen LogP) is 3.83. The van der Waals surface area contributed by atoms with E-state index in [1.165, 1.54) is 31.5 Å². The molecule has 0 radical (unpaired) electrons. The van der Waals surface area contributed by atoms with Crippen LogP contribution in [0.25, 0.3) is 0 Å². The van der Waals surface area contributed by atoms with E-state index >= 15 is 0 Å². The topological polar surface area (TPSA) is 16.1 Å². The van der Waals surface area contributed by atoms with Gasteiger partial charge < -0.3 is 4.90 Å². The molecule has 0 saturated carbocycles. The van der Waals surface area contributed by atoms with E-state index in [-0.39, 0.29) is 0 Å². The Balaban J connectivity index is 2.02. The first-order chi connectivity index (χ1) is 8.10. The lowest BCUT2D eigenvalue weighted by molar-refractivity contribution is 0.193. The lowest BCUT2D eigenvalue weighted by Crippen LogP contribution is -2.56. The Morgan fingerprint density at radius 2 is 1.88 bits per heavy atom. The average molecular weight is 232 g/mol. The zero-order valence-electron chi connectivity index (χ0n) is 11.5. The van der Waals surface area contributed by atoms with Crippen molar-refractivity contribution in [1.82, 2.24) is 4.98 Å². The lowest BCUT2D eigenvalue weighted by atomic mass is 9.75. The second kappa shape index (κ2) is 4.67. The second-order valence-corrected chi connectivity index (χ2v) is 5.67. The van der Waals surface area contributed by atoms with Crippen LogP contribution in [0, 0.1) is 5.41 Å². The number of rotatable bonds is 4. The summed E-state index contributed by atoms with van der Waals surface area (Å²) in [6.45, 7) is 11.4. The van der Waals surface area contributed by atoms with Gasteiger partial charge in [0, 0.05) is 24.7 Å². The van der Waals surface area contributed by atoms with Crippen molar-refractivity contribution in [3.05, 3.63) is 23.9 Å². The van der Waals surface area contributed by atoms with E-state index in [0.717, 1.165) is 5.82 Å². The number of nitrogens with zero attached hydrogens (tertiary/aromatic N) is 2. The smallest absolute Gasteiger partial charge is 0.128 e. The lowest BCUT2D eigenvalue weighted by Gasteiger charge is -2.50. The van der Waals surface area contributed by atoms with Gasteiger partial charge in [-0.05, 0) is 30.4 Å². The molecule has 2 nitrogen and oxygen atoms in total. The Bertz CT molecular complexity index is 355. The second-order valence-electron chi connectivity index (χ2n) is 5.67. The fraction of sp³-hybridized carbons (Fsp3) is 0.667. The maximum Gasteiger partial charge on any atom is 0.128 e. The van der Waals surface area contributed by atoms with Crippen LogP contribution in [0.15, 0.2) is 18.3 Å². The fourth-order valence-corrected chi connectivity index (χ4v) is 2.55. The summed E-state index contributed by atoms with van der Waals surface area (Å²) in [5.74, 6) is 1.71. The van der Waals surface area contributed by atoms with Crippen LogP contribution in [0.1, 0.15) is 52.0 Å². The molecule has 0 unspecified atom stereocenters. The first-order valence-corrected chi connectivity index (χ1v) is 6.81. The molecule has 0 bridgehead atoms. The maximum absolute atomic E-state index is 4.58. The molecule has 1 aliphatic rings. The molecule has 2 heterocycles. The Hall–Kier alpha value is -1.05. The number of aromatic nitrogens is 1. The van der Waals surface area contributed by atoms with Crippen molar-refractivity contribution < 1.29 is 0 Å². The van der Waals surface area contributed by atoms with E-state index in [0.29, 0.717) is 11.3 Å². The summed E-state index contributed by atoms with van der Waals surface area (Å²) in [6, 6.07) is 4.38. The first kappa shape index (κ1) is 12.4. The maximum atomic E-state index is 4.58. The van der Waals surface area contributed by atoms with Gasteiger partial charge in [-0.2, -0.15) is 0 Å². The molecule has 1 aliphatic heterocycles. The fourth-order valence-electron chi connectivity index (χ4n) is 2.55. The molecule has 17 heavy (non-hydrogen) atoms. The molecule has 0 amide bonds. The van der Waals surface area contributed by atoms with Crippen molar-refractivity contribution in [1.29, 1.82) is 0 Å². The summed E-state index contributed by atoms with van der Waals surface area (Å²) in [5.41, 5.74) is 1.88. The molecule has 2 rings (SSSR count). The van der Waals surface area contributed by atoms with Crippen LogP contribution in [0.2, 0.25) is 0 Å². The number of hydrogen-bond acceptors (Lipinski definition) is 2. The van der Waals surface area contributed by atoms with Crippen LogP contribution in [-0.4, -0.2) is 18.1 Å². The standard InChI is InChI=1S/C15H24N2/c1-5-15(6-2)10-17(11-15)14-8-7-13(9-16-14)12(3)4/h7-9,12H,5-6,10-11H2,1-4H3. The summed E-state index contributed by atoms with van der Waals surface area (Å²) in [4.78, 5) is 6.98. The summed E-state index contributed by atoms with van der Waals surface area (Å²) in [7, 11) is 0. The van der Waals surface area contributed by atoms with Crippen molar-refractivity contribution >= 4 is 5.82 Å². The predicted molar refractivity (Wildman–Crippen MR) is 73.6 cm³/mol. The van der Waals surface area contributed by atoms with Gasteiger partial charge in [0.15, 0.2) is 0 Å². The summed E-state index contributed by atoms with van der Waals surface area (Å²) >= 11 is 0. The van der Waals surface area contributed by atoms with Gasteiger partial charge in [0.25, 0.3) is 0 Å². The van der Waals surface area contributed by atoms with E-state index in [2.05, 4.69) is 49.7 Å². The third-order valence-electron chi connectivity index (χ3n) is 4.31. The van der Waals surface area contributed by atoms with Gasteiger partial charge in [-0.25, -0.2) is 4.98 Å². The van der Waals surface area contributed by atoms with Crippen LogP contribution < -0.4 is 4.90 Å². The highest BCUT2D eigenvalue weighted by atomic mass is 15.3. The number of pyridine rings is 1. The van der Waals surface area contributed by atoms with E-state index in [4.69, 9.17) is 0 Å². The van der Waals surface area contributed by atoms with Crippen molar-refractivity contribution in [2.45, 2.75) is 46.5 Å². The zero-order valence-corrected chi connectivity index (χ0v) is 11.5. The van der Waals surface area contributed by atoms with Crippen molar-refractivity contribution in [2.24, 2.45) is 5.41 Å². The minimum atomic E-state index is 0.554. The van der Waals surface area contributed by atoms with Crippen LogP contribution in [0.4, 0.5) is 5.82 Å². The normalized spacial score (nSPS) is 18.3. The van der Waals surface area contributed by atoms with Gasteiger partial charge in [0.2, 0.25) is 0 Å². The molecule has 0 N–H and O–H groups in total. The molecule has 1 saturated heterocycles. The molecular weight excluding hydrogens is 208 g/mol. The minimum absolute atomic E-state index is 0.554. The van der Waals surface area contributed by atoms with Gasteiger partial charge >= 0.3 is 0 Å². The monoisotopic (exact) mass is 232 g/mol. The number of anilines is 1. The Labute approximate surface area is 105 Å². The van der Waals surface area contributed by atoms with Crippen LogP contribution in [0.3, 0.4) is 0 Å². The van der Waals surface area contributed by atoms with E-state index < -0.39 is 0 Å². The van der Waals surface area contributed by atoms with Crippen LogP contribution >= 0.6 is 0 Å². The van der Waals surface area contributed by atoms with Gasteiger partial charge in [0.1, 0.15) is 5.82 Å².